The van der Waals surface area contributed by atoms with E-state index in [0.29, 0.717) is 44.1 Å². The fourth-order valence-corrected chi connectivity index (χ4v) is 8.17. The van der Waals surface area contributed by atoms with E-state index >= 15 is 0 Å². The van der Waals surface area contributed by atoms with Crippen molar-refractivity contribution < 1.29 is 18.9 Å². The highest BCUT2D eigenvalue weighted by molar-refractivity contribution is 5.93. The van der Waals surface area contributed by atoms with Crippen LogP contribution >= 0.6 is 0 Å². The zero-order valence-corrected chi connectivity index (χ0v) is 20.1. The molecular formula is C26H36N4O4. The van der Waals surface area contributed by atoms with E-state index in [1.54, 1.807) is 13.0 Å². The van der Waals surface area contributed by atoms with Gasteiger partial charge < -0.3 is 19.6 Å². The van der Waals surface area contributed by atoms with Gasteiger partial charge in [-0.2, -0.15) is 0 Å². The third kappa shape index (κ3) is 3.83. The van der Waals surface area contributed by atoms with E-state index in [2.05, 4.69) is 10.5 Å². The number of hydrogen-bond acceptors (Lipinski definition) is 5. The number of aryl methyl sites for hydroxylation is 1. The summed E-state index contributed by atoms with van der Waals surface area (Å²) in [5.74, 6) is 3.40. The van der Waals surface area contributed by atoms with Crippen molar-refractivity contribution >= 4 is 23.5 Å². The second-order valence-corrected chi connectivity index (χ2v) is 11.8. The molecule has 4 bridgehead atoms. The van der Waals surface area contributed by atoms with Crippen LogP contribution in [0.4, 0.5) is 5.82 Å². The Morgan fingerprint density at radius 2 is 1.65 bits per heavy atom. The van der Waals surface area contributed by atoms with Crippen molar-refractivity contribution in [3.05, 3.63) is 11.8 Å². The number of anilines is 1. The summed E-state index contributed by atoms with van der Waals surface area (Å²) >= 11 is 0. The summed E-state index contributed by atoms with van der Waals surface area (Å²) in [6, 6.07) is 1.38. The number of likely N-dealkylation sites (tertiary alicyclic amines) is 2. The number of rotatable bonds is 4. The molecule has 0 spiro atoms. The molecule has 0 aromatic carbocycles. The zero-order valence-electron chi connectivity index (χ0n) is 20.1. The molecule has 8 nitrogen and oxygen atoms in total. The summed E-state index contributed by atoms with van der Waals surface area (Å²) in [4.78, 5) is 43.9. The topological polar surface area (TPSA) is 95.8 Å². The van der Waals surface area contributed by atoms with Crippen molar-refractivity contribution in [2.45, 2.75) is 77.2 Å². The highest BCUT2D eigenvalue weighted by Crippen LogP contribution is 2.60. The average molecular weight is 469 g/mol. The molecule has 0 radical (unpaired) electrons. The third-order valence-corrected chi connectivity index (χ3v) is 9.35. The van der Waals surface area contributed by atoms with Crippen molar-refractivity contribution in [2.75, 3.05) is 25.0 Å². The third-order valence-electron chi connectivity index (χ3n) is 9.35. The lowest BCUT2D eigenvalue weighted by molar-refractivity contribution is -0.162. The molecular weight excluding hydrogens is 432 g/mol. The van der Waals surface area contributed by atoms with Crippen molar-refractivity contribution in [3.8, 4) is 0 Å². The normalized spacial score (nSPS) is 35.1. The summed E-state index contributed by atoms with van der Waals surface area (Å²) in [5.41, 5.74) is -0.192. The van der Waals surface area contributed by atoms with E-state index in [1.807, 2.05) is 9.80 Å². The molecule has 3 amide bonds. The van der Waals surface area contributed by atoms with Crippen LogP contribution in [-0.4, -0.2) is 58.4 Å². The standard InChI is InChI=1S/C26H36N4O4/c1-16-9-22(28-34-16)27-23(31)20-4-7-29(8-5-20)24(32)21-3-2-6-30(21)25(33)26-13-17-10-18(14-26)12-19(11-17)15-26/h9,17-21H,2-8,10-15H2,1H3,(H,27,28,31). The molecule has 1 N–H and O–H groups in total. The van der Waals surface area contributed by atoms with Gasteiger partial charge in [0.05, 0.1) is 5.41 Å². The maximum Gasteiger partial charge on any atom is 0.245 e. The van der Waals surface area contributed by atoms with E-state index in [4.69, 9.17) is 4.52 Å². The van der Waals surface area contributed by atoms with Gasteiger partial charge in [0.15, 0.2) is 5.82 Å². The predicted molar refractivity (Wildman–Crippen MR) is 125 cm³/mol. The Kier molecular flexibility index (Phi) is 5.45. The minimum Gasteiger partial charge on any atom is -0.360 e. The molecule has 4 aliphatic carbocycles. The first kappa shape index (κ1) is 22.1. The van der Waals surface area contributed by atoms with Crippen LogP contribution in [0.25, 0.3) is 0 Å². The molecule has 7 rings (SSSR count). The maximum absolute atomic E-state index is 13.9. The summed E-state index contributed by atoms with van der Waals surface area (Å²) < 4.78 is 5.01. The number of carbonyl (C=O) groups excluding carboxylic acids is 3. The lowest BCUT2D eigenvalue weighted by atomic mass is 9.49. The summed E-state index contributed by atoms with van der Waals surface area (Å²) in [5, 5.41) is 6.65. The number of carbonyl (C=O) groups is 3. The molecule has 1 aromatic rings. The Labute approximate surface area is 200 Å². The molecule has 2 saturated heterocycles. The number of amides is 3. The summed E-state index contributed by atoms with van der Waals surface area (Å²) in [7, 11) is 0. The first-order chi connectivity index (χ1) is 16.4. The molecule has 3 heterocycles. The smallest absolute Gasteiger partial charge is 0.245 e. The molecule has 4 saturated carbocycles. The van der Waals surface area contributed by atoms with Crippen LogP contribution in [0, 0.1) is 36.0 Å². The van der Waals surface area contributed by atoms with E-state index in [1.165, 1.54) is 19.3 Å². The van der Waals surface area contributed by atoms with Crippen LogP contribution < -0.4 is 5.32 Å². The molecule has 34 heavy (non-hydrogen) atoms. The minimum absolute atomic E-state index is 0.0696. The highest BCUT2D eigenvalue weighted by Gasteiger charge is 2.57. The fourth-order valence-electron chi connectivity index (χ4n) is 8.17. The van der Waals surface area contributed by atoms with Crippen molar-refractivity contribution in [1.29, 1.82) is 0 Å². The zero-order chi connectivity index (χ0) is 23.4. The van der Waals surface area contributed by atoms with Crippen molar-refractivity contribution in [3.63, 3.8) is 0 Å². The van der Waals surface area contributed by atoms with Crippen LogP contribution in [0.15, 0.2) is 10.6 Å². The predicted octanol–water partition coefficient (Wildman–Crippen LogP) is 3.37. The Morgan fingerprint density at radius 3 is 2.24 bits per heavy atom. The second kappa shape index (κ2) is 8.38. The average Bonchev–Trinajstić information content (AvgIpc) is 3.46. The quantitative estimate of drug-likeness (QED) is 0.731. The molecule has 6 fully saturated rings. The molecule has 184 valence electrons. The second-order valence-electron chi connectivity index (χ2n) is 11.8. The van der Waals surface area contributed by atoms with Gasteiger partial charge in [-0.25, -0.2) is 0 Å². The van der Waals surface area contributed by atoms with Gasteiger partial charge in [-0.05, 0) is 88.9 Å². The Morgan fingerprint density at radius 1 is 1.00 bits per heavy atom. The number of hydrogen-bond donors (Lipinski definition) is 1. The largest absolute Gasteiger partial charge is 0.360 e. The van der Waals surface area contributed by atoms with Gasteiger partial charge in [0.1, 0.15) is 11.8 Å². The summed E-state index contributed by atoms with van der Waals surface area (Å²) in [6.45, 7) is 3.62. The Bertz CT molecular complexity index is 944. The summed E-state index contributed by atoms with van der Waals surface area (Å²) in [6.07, 6.45) is 10.00. The SMILES string of the molecule is Cc1cc(NC(=O)C2CCN(C(=O)C3CCCN3C(=O)C34CC5CC(CC(C5)C3)C4)CC2)no1. The monoisotopic (exact) mass is 468 g/mol. The minimum atomic E-state index is -0.316. The van der Waals surface area contributed by atoms with Gasteiger partial charge in [0.25, 0.3) is 0 Å². The fraction of sp³-hybridized carbons (Fsp3) is 0.769. The van der Waals surface area contributed by atoms with Crippen molar-refractivity contribution in [1.82, 2.24) is 15.0 Å². The maximum atomic E-state index is 13.9. The van der Waals surface area contributed by atoms with E-state index in [0.717, 1.165) is 49.9 Å². The van der Waals surface area contributed by atoms with Crippen LogP contribution in [0.1, 0.15) is 70.0 Å². The molecule has 8 heteroatoms. The first-order valence-corrected chi connectivity index (χ1v) is 13.2. The number of nitrogens with one attached hydrogen (secondary N) is 1. The van der Waals surface area contributed by atoms with Gasteiger partial charge in [-0.1, -0.05) is 5.16 Å². The van der Waals surface area contributed by atoms with Gasteiger partial charge in [0.2, 0.25) is 17.7 Å². The Hall–Kier alpha value is -2.38. The molecule has 2 aliphatic heterocycles. The van der Waals surface area contributed by atoms with Gasteiger partial charge >= 0.3 is 0 Å². The van der Waals surface area contributed by atoms with E-state index < -0.39 is 0 Å². The van der Waals surface area contributed by atoms with Crippen LogP contribution in [0.2, 0.25) is 0 Å². The van der Waals surface area contributed by atoms with E-state index in [-0.39, 0.29) is 35.1 Å². The van der Waals surface area contributed by atoms with Crippen LogP contribution in [-0.2, 0) is 14.4 Å². The molecule has 1 unspecified atom stereocenters. The molecule has 1 aromatic heterocycles. The van der Waals surface area contributed by atoms with Crippen LogP contribution in [0.5, 0.6) is 0 Å². The van der Waals surface area contributed by atoms with E-state index in [9.17, 15) is 14.4 Å². The van der Waals surface area contributed by atoms with Gasteiger partial charge in [-0.3, -0.25) is 14.4 Å². The highest BCUT2D eigenvalue weighted by atomic mass is 16.5. The van der Waals surface area contributed by atoms with Crippen LogP contribution in [0.3, 0.4) is 0 Å². The molecule has 1 atom stereocenters. The first-order valence-electron chi connectivity index (χ1n) is 13.2. The lowest BCUT2D eigenvalue weighted by Crippen LogP contribution is -2.58. The lowest BCUT2D eigenvalue weighted by Gasteiger charge is -2.56. The van der Waals surface area contributed by atoms with Gasteiger partial charge in [0, 0.05) is 31.6 Å². The molecule has 6 aliphatic rings. The number of nitrogens with zero attached hydrogens (tertiary/aromatic N) is 3. The van der Waals surface area contributed by atoms with Crippen molar-refractivity contribution in [2.24, 2.45) is 29.1 Å². The number of piperidine rings is 1. The Balaban J connectivity index is 1.07. The number of aromatic nitrogens is 1. The van der Waals surface area contributed by atoms with Gasteiger partial charge in [-0.15, -0.1) is 0 Å².